The van der Waals surface area contributed by atoms with Gasteiger partial charge in [0.15, 0.2) is 12.2 Å². The fourth-order valence-electron chi connectivity index (χ4n) is 1.86. The molecule has 6 nitrogen and oxygen atoms in total. The monoisotopic (exact) mass is 281 g/mol. The van der Waals surface area contributed by atoms with Gasteiger partial charge in [-0.2, -0.15) is 0 Å². The van der Waals surface area contributed by atoms with Crippen LogP contribution in [0.15, 0.2) is 64.4 Å². The summed E-state index contributed by atoms with van der Waals surface area (Å²) in [5, 5.41) is 2.56. The van der Waals surface area contributed by atoms with Crippen LogP contribution in [-0.4, -0.2) is 15.9 Å². The molecule has 0 bridgehead atoms. The Balaban J connectivity index is 1.80. The van der Waals surface area contributed by atoms with Crippen LogP contribution >= 0.6 is 0 Å². The largest absolute Gasteiger partial charge is 0.444 e. The Kier molecular flexibility index (Phi) is 3.34. The lowest BCUT2D eigenvalue weighted by atomic mass is 10.1. The van der Waals surface area contributed by atoms with Crippen LogP contribution in [0.4, 0.5) is 5.69 Å². The number of aromatic amines is 1. The highest BCUT2D eigenvalue weighted by molar-refractivity contribution is 6.04. The van der Waals surface area contributed by atoms with Crippen LogP contribution in [0.1, 0.15) is 10.4 Å². The summed E-state index contributed by atoms with van der Waals surface area (Å²) in [7, 11) is 0. The fraction of sp³-hybridized carbons (Fsp3) is 0. The third-order valence-corrected chi connectivity index (χ3v) is 2.93. The van der Waals surface area contributed by atoms with Crippen molar-refractivity contribution < 1.29 is 9.21 Å². The van der Waals surface area contributed by atoms with Crippen molar-refractivity contribution in [3.05, 3.63) is 71.1 Å². The average molecular weight is 281 g/mol. The molecule has 2 heterocycles. The highest BCUT2D eigenvalue weighted by Crippen LogP contribution is 2.19. The maximum absolute atomic E-state index is 12.1. The topological polar surface area (TPSA) is 88.0 Å². The van der Waals surface area contributed by atoms with Crippen molar-refractivity contribution in [1.29, 1.82) is 0 Å². The molecular formula is C15H11N3O3. The molecule has 0 fully saturated rings. The molecule has 21 heavy (non-hydrogen) atoms. The maximum Gasteiger partial charge on any atom is 0.271 e. The number of carbonyl (C=O) groups is 1. The number of aromatic nitrogens is 2. The molecule has 3 rings (SSSR count). The predicted molar refractivity (Wildman–Crippen MR) is 77.0 cm³/mol. The smallest absolute Gasteiger partial charge is 0.271 e. The Morgan fingerprint density at radius 2 is 2.00 bits per heavy atom. The summed E-state index contributed by atoms with van der Waals surface area (Å²) in [5.74, 6) is 0.275. The number of anilines is 1. The number of amides is 1. The third-order valence-electron chi connectivity index (χ3n) is 2.93. The number of oxazole rings is 1. The molecule has 0 aliphatic rings. The Morgan fingerprint density at radius 3 is 2.67 bits per heavy atom. The van der Waals surface area contributed by atoms with Crippen molar-refractivity contribution in [2.45, 2.75) is 0 Å². The Labute approximate surface area is 119 Å². The molecule has 0 aliphatic heterocycles. The molecule has 0 aliphatic carbocycles. The number of nitrogens with zero attached hydrogens (tertiary/aromatic N) is 1. The molecule has 1 aromatic carbocycles. The first-order valence-electron chi connectivity index (χ1n) is 6.22. The molecule has 0 unspecified atom stereocenters. The SMILES string of the molecule is O=C(Nc1ccc[nH]c1=O)c1ccc(-c2cnco2)cc1. The molecule has 2 N–H and O–H groups in total. The van der Waals surface area contributed by atoms with Crippen LogP contribution in [0.25, 0.3) is 11.3 Å². The van der Waals surface area contributed by atoms with Crippen LogP contribution in [0.5, 0.6) is 0 Å². The van der Waals surface area contributed by atoms with Crippen LogP contribution in [-0.2, 0) is 0 Å². The van der Waals surface area contributed by atoms with Gasteiger partial charge in [-0.05, 0) is 24.3 Å². The van der Waals surface area contributed by atoms with Crippen molar-refractivity contribution in [2.75, 3.05) is 5.32 Å². The summed E-state index contributed by atoms with van der Waals surface area (Å²) in [6.45, 7) is 0. The molecule has 0 saturated heterocycles. The van der Waals surface area contributed by atoms with Gasteiger partial charge in [0, 0.05) is 17.3 Å². The van der Waals surface area contributed by atoms with E-state index in [1.54, 1.807) is 42.6 Å². The summed E-state index contributed by atoms with van der Waals surface area (Å²) in [5.41, 5.74) is 1.13. The lowest BCUT2D eigenvalue weighted by Crippen LogP contribution is -2.19. The summed E-state index contributed by atoms with van der Waals surface area (Å²) in [6, 6.07) is 10.0. The minimum atomic E-state index is -0.351. The number of H-pyrrole nitrogens is 1. The van der Waals surface area contributed by atoms with E-state index >= 15 is 0 Å². The van der Waals surface area contributed by atoms with E-state index in [2.05, 4.69) is 15.3 Å². The number of benzene rings is 1. The zero-order valence-corrected chi connectivity index (χ0v) is 10.9. The first kappa shape index (κ1) is 12.9. The van der Waals surface area contributed by atoms with Gasteiger partial charge < -0.3 is 14.7 Å². The van der Waals surface area contributed by atoms with E-state index in [4.69, 9.17) is 4.42 Å². The van der Waals surface area contributed by atoms with E-state index in [1.807, 2.05) is 0 Å². The van der Waals surface area contributed by atoms with Crippen LogP contribution in [0, 0.1) is 0 Å². The van der Waals surface area contributed by atoms with E-state index in [1.165, 1.54) is 12.6 Å². The van der Waals surface area contributed by atoms with Crippen molar-refractivity contribution in [1.82, 2.24) is 9.97 Å². The molecule has 1 amide bonds. The van der Waals surface area contributed by atoms with Gasteiger partial charge in [0.1, 0.15) is 5.69 Å². The van der Waals surface area contributed by atoms with Gasteiger partial charge in [-0.25, -0.2) is 4.98 Å². The summed E-state index contributed by atoms with van der Waals surface area (Å²) >= 11 is 0. The van der Waals surface area contributed by atoms with Crippen molar-refractivity contribution in [3.8, 4) is 11.3 Å². The number of rotatable bonds is 3. The second-order valence-corrected chi connectivity index (χ2v) is 4.31. The van der Waals surface area contributed by atoms with Crippen molar-refractivity contribution >= 4 is 11.6 Å². The van der Waals surface area contributed by atoms with Gasteiger partial charge in [-0.1, -0.05) is 12.1 Å². The van der Waals surface area contributed by atoms with Crippen molar-refractivity contribution in [3.63, 3.8) is 0 Å². The van der Waals surface area contributed by atoms with E-state index < -0.39 is 0 Å². The third kappa shape index (κ3) is 2.74. The van der Waals surface area contributed by atoms with Crippen molar-refractivity contribution in [2.24, 2.45) is 0 Å². The Morgan fingerprint density at radius 1 is 1.19 bits per heavy atom. The molecule has 6 heteroatoms. The van der Waals surface area contributed by atoms with Gasteiger partial charge in [-0.15, -0.1) is 0 Å². The molecule has 2 aromatic heterocycles. The average Bonchev–Trinajstić information content (AvgIpc) is 3.04. The number of pyridine rings is 1. The van der Waals surface area contributed by atoms with E-state index in [0.717, 1.165) is 5.56 Å². The molecule has 0 spiro atoms. The lowest BCUT2D eigenvalue weighted by Gasteiger charge is -2.04. The Bertz CT molecular complexity index is 805. The van der Waals surface area contributed by atoms with Crippen LogP contribution in [0.3, 0.4) is 0 Å². The number of hydrogen-bond acceptors (Lipinski definition) is 4. The Hall–Kier alpha value is -3.15. The van der Waals surface area contributed by atoms with E-state index in [-0.39, 0.29) is 17.2 Å². The zero-order chi connectivity index (χ0) is 14.7. The van der Waals surface area contributed by atoms with Gasteiger partial charge >= 0.3 is 0 Å². The summed E-state index contributed by atoms with van der Waals surface area (Å²) < 4.78 is 5.17. The van der Waals surface area contributed by atoms with E-state index in [0.29, 0.717) is 11.3 Å². The quantitative estimate of drug-likeness (QED) is 0.771. The predicted octanol–water partition coefficient (Wildman–Crippen LogP) is 2.28. The first-order chi connectivity index (χ1) is 10.2. The highest BCUT2D eigenvalue weighted by Gasteiger charge is 2.09. The normalized spacial score (nSPS) is 10.3. The van der Waals surface area contributed by atoms with Gasteiger partial charge in [0.2, 0.25) is 0 Å². The second kappa shape index (κ2) is 5.46. The molecular weight excluding hydrogens is 270 g/mol. The minimum Gasteiger partial charge on any atom is -0.444 e. The van der Waals surface area contributed by atoms with Crippen LogP contribution < -0.4 is 10.9 Å². The van der Waals surface area contributed by atoms with Gasteiger partial charge in [0.05, 0.1) is 6.20 Å². The molecule has 104 valence electrons. The first-order valence-corrected chi connectivity index (χ1v) is 6.22. The van der Waals surface area contributed by atoms with E-state index in [9.17, 15) is 9.59 Å². The highest BCUT2D eigenvalue weighted by atomic mass is 16.3. The molecule has 0 radical (unpaired) electrons. The molecule has 3 aromatic rings. The lowest BCUT2D eigenvalue weighted by molar-refractivity contribution is 0.102. The molecule has 0 saturated carbocycles. The summed E-state index contributed by atoms with van der Waals surface area (Å²) in [4.78, 5) is 29.9. The number of hydrogen-bond donors (Lipinski definition) is 2. The second-order valence-electron chi connectivity index (χ2n) is 4.31. The fourth-order valence-corrected chi connectivity index (χ4v) is 1.86. The zero-order valence-electron chi connectivity index (χ0n) is 10.9. The van der Waals surface area contributed by atoms with Gasteiger partial charge in [0.25, 0.3) is 11.5 Å². The number of nitrogens with one attached hydrogen (secondary N) is 2. The minimum absolute atomic E-state index is 0.210. The standard InChI is InChI=1S/C15H11N3O3/c19-14(18-12-2-1-7-17-15(12)20)11-5-3-10(4-6-11)13-8-16-9-21-13/h1-9H,(H,17,20)(H,18,19). The number of carbonyl (C=O) groups excluding carboxylic acids is 1. The molecule has 0 atom stereocenters. The maximum atomic E-state index is 12.1. The summed E-state index contributed by atoms with van der Waals surface area (Å²) in [6.07, 6.45) is 4.44. The van der Waals surface area contributed by atoms with Crippen LogP contribution in [0.2, 0.25) is 0 Å². The van der Waals surface area contributed by atoms with Gasteiger partial charge in [-0.3, -0.25) is 9.59 Å².